The van der Waals surface area contributed by atoms with Crippen molar-refractivity contribution in [2.24, 2.45) is 0 Å². The molecule has 5 N–H and O–H groups in total. The van der Waals surface area contributed by atoms with Crippen molar-refractivity contribution in [2.75, 3.05) is 0 Å². The Morgan fingerprint density at radius 3 is 2.48 bits per heavy atom. The number of hydrogen-bond acceptors (Lipinski definition) is 6. The summed E-state index contributed by atoms with van der Waals surface area (Å²) in [4.78, 5) is 32.9. The Kier molecular flexibility index (Phi) is 5.67. The highest BCUT2D eigenvalue weighted by Crippen LogP contribution is 2.36. The molecule has 1 aliphatic rings. The summed E-state index contributed by atoms with van der Waals surface area (Å²) in [5.41, 5.74) is 0.817. The van der Waals surface area contributed by atoms with Gasteiger partial charge in [0, 0.05) is 25.5 Å². The molecule has 1 aromatic rings. The van der Waals surface area contributed by atoms with Gasteiger partial charge in [-0.3, -0.25) is 9.59 Å². The zero-order valence-corrected chi connectivity index (χ0v) is 15.3. The fourth-order valence-corrected chi connectivity index (χ4v) is 2.81. The van der Waals surface area contributed by atoms with Crippen molar-refractivity contribution in [1.29, 1.82) is 0 Å². The van der Waals surface area contributed by atoms with Gasteiger partial charge in [0.15, 0.2) is 5.88 Å². The molecule has 146 valence electrons. The average Bonchev–Trinajstić information content (AvgIpc) is 2.52. The van der Waals surface area contributed by atoms with Crippen LogP contribution >= 0.6 is 11.6 Å². The third-order valence-corrected chi connectivity index (χ3v) is 4.04. The van der Waals surface area contributed by atoms with Gasteiger partial charge in [0.05, 0.1) is 6.42 Å². The molecule has 1 aliphatic heterocycles. The molecule has 1 unspecified atom stereocenters. The first-order chi connectivity index (χ1) is 12.4. The van der Waals surface area contributed by atoms with Crippen molar-refractivity contribution in [3.63, 3.8) is 0 Å². The Morgan fingerprint density at radius 1 is 1.30 bits per heavy atom. The van der Waals surface area contributed by atoms with E-state index in [2.05, 4.69) is 10.6 Å². The molecule has 1 aromatic carbocycles. The minimum atomic E-state index is -1.97. The Bertz CT molecular complexity index is 803. The molecule has 0 saturated carbocycles. The second-order valence-electron chi connectivity index (χ2n) is 6.39. The standard InChI is InChI=1S/C17H19ClN2O7/c1-16(2,26)27-12-7-9-5-3-4-6-10(9)17(18,20-12)15(25)19-11(14(23)24)8-13(21)22/h3-7,11,20,26H,8H2,1-2H3,(H,19,25)(H,21,22)(H,23,24)/t11-,17?/m1/s1. The van der Waals surface area contributed by atoms with Crippen LogP contribution in [0.4, 0.5) is 0 Å². The van der Waals surface area contributed by atoms with E-state index in [4.69, 9.17) is 26.6 Å². The van der Waals surface area contributed by atoms with Crippen LogP contribution in [0.2, 0.25) is 0 Å². The van der Waals surface area contributed by atoms with E-state index in [0.29, 0.717) is 11.1 Å². The summed E-state index contributed by atoms with van der Waals surface area (Å²) in [6.45, 7) is 2.75. The number of benzene rings is 1. The van der Waals surface area contributed by atoms with Crippen molar-refractivity contribution in [3.05, 3.63) is 41.3 Å². The summed E-state index contributed by atoms with van der Waals surface area (Å²) in [6.07, 6.45) is 0.700. The van der Waals surface area contributed by atoms with Gasteiger partial charge in [0.25, 0.3) is 5.91 Å². The van der Waals surface area contributed by atoms with E-state index in [0.717, 1.165) is 0 Å². The Hall–Kier alpha value is -2.78. The van der Waals surface area contributed by atoms with Crippen LogP contribution in [-0.2, 0) is 24.1 Å². The number of aliphatic hydroxyl groups is 1. The van der Waals surface area contributed by atoms with E-state index in [9.17, 15) is 19.5 Å². The lowest BCUT2D eigenvalue weighted by molar-refractivity contribution is -0.154. The quantitative estimate of drug-likeness (QED) is 0.257. The summed E-state index contributed by atoms with van der Waals surface area (Å²) in [7, 11) is 0. The van der Waals surface area contributed by atoms with Gasteiger partial charge in [0.1, 0.15) is 6.04 Å². The Morgan fingerprint density at radius 2 is 1.93 bits per heavy atom. The molecule has 0 aliphatic carbocycles. The van der Waals surface area contributed by atoms with Gasteiger partial charge < -0.3 is 30.7 Å². The van der Waals surface area contributed by atoms with Crippen molar-refractivity contribution in [2.45, 2.75) is 37.1 Å². The molecular formula is C17H19ClN2O7. The number of fused-ring (bicyclic) bond motifs is 1. The summed E-state index contributed by atoms with van der Waals surface area (Å²) in [5, 5.41) is 32.6. The normalized spacial score (nSPS) is 19.8. The van der Waals surface area contributed by atoms with Crippen LogP contribution in [0.5, 0.6) is 0 Å². The van der Waals surface area contributed by atoms with Crippen LogP contribution in [0.1, 0.15) is 31.4 Å². The SMILES string of the molecule is CC(C)(O)OC1=Cc2ccccc2C(Cl)(C(=O)N[C@H](CC(=O)O)C(=O)O)N1. The van der Waals surface area contributed by atoms with E-state index in [1.54, 1.807) is 24.3 Å². The van der Waals surface area contributed by atoms with Gasteiger partial charge >= 0.3 is 11.9 Å². The molecule has 10 heteroatoms. The largest absolute Gasteiger partial charge is 0.481 e. The minimum Gasteiger partial charge on any atom is -0.481 e. The first kappa shape index (κ1) is 20.5. The summed E-state index contributed by atoms with van der Waals surface area (Å²) < 4.78 is 5.33. The van der Waals surface area contributed by atoms with Crippen LogP contribution in [-0.4, -0.2) is 45.0 Å². The van der Waals surface area contributed by atoms with Crippen molar-refractivity contribution >= 4 is 35.5 Å². The molecule has 1 heterocycles. The molecule has 0 spiro atoms. The summed E-state index contributed by atoms with van der Waals surface area (Å²) in [5.74, 6) is -5.48. The van der Waals surface area contributed by atoms with Gasteiger partial charge in [-0.25, -0.2) is 4.79 Å². The van der Waals surface area contributed by atoms with E-state index in [1.807, 2.05) is 0 Å². The van der Waals surface area contributed by atoms with Gasteiger partial charge in [-0.2, -0.15) is 0 Å². The lowest BCUT2D eigenvalue weighted by Gasteiger charge is -2.36. The number of hydrogen-bond donors (Lipinski definition) is 5. The second kappa shape index (κ2) is 7.45. The monoisotopic (exact) mass is 398 g/mol. The molecular weight excluding hydrogens is 380 g/mol. The summed E-state index contributed by atoms with van der Waals surface area (Å²) >= 11 is 6.50. The maximum absolute atomic E-state index is 12.8. The number of amides is 1. The lowest BCUT2D eigenvalue weighted by atomic mass is 9.95. The third kappa shape index (κ3) is 4.89. The number of halogens is 1. The minimum absolute atomic E-state index is 0.0172. The van der Waals surface area contributed by atoms with Crippen LogP contribution in [0.3, 0.4) is 0 Å². The molecule has 1 amide bonds. The highest BCUT2D eigenvalue weighted by molar-refractivity contribution is 6.35. The highest BCUT2D eigenvalue weighted by Gasteiger charge is 2.45. The van der Waals surface area contributed by atoms with Gasteiger partial charge in [-0.1, -0.05) is 35.9 Å². The maximum Gasteiger partial charge on any atom is 0.326 e. The van der Waals surface area contributed by atoms with Crippen LogP contribution in [0.15, 0.2) is 30.1 Å². The van der Waals surface area contributed by atoms with Crippen LogP contribution in [0, 0.1) is 0 Å². The number of rotatable bonds is 7. The van der Waals surface area contributed by atoms with Gasteiger partial charge in [0.2, 0.25) is 10.8 Å². The zero-order valence-electron chi connectivity index (χ0n) is 14.5. The molecule has 9 nitrogen and oxygen atoms in total. The van der Waals surface area contributed by atoms with E-state index in [1.165, 1.54) is 19.9 Å². The second-order valence-corrected chi connectivity index (χ2v) is 6.96. The van der Waals surface area contributed by atoms with Crippen molar-refractivity contribution in [1.82, 2.24) is 10.6 Å². The fraction of sp³-hybridized carbons (Fsp3) is 0.353. The van der Waals surface area contributed by atoms with Crippen LogP contribution < -0.4 is 10.6 Å². The number of alkyl halides is 1. The first-order valence-corrected chi connectivity index (χ1v) is 8.25. The van der Waals surface area contributed by atoms with E-state index >= 15 is 0 Å². The Balaban J connectivity index is 2.38. The highest BCUT2D eigenvalue weighted by atomic mass is 35.5. The zero-order chi connectivity index (χ0) is 20.4. The number of aliphatic carboxylic acids is 2. The number of carbonyl (C=O) groups excluding carboxylic acids is 1. The van der Waals surface area contributed by atoms with E-state index < -0.39 is 41.1 Å². The van der Waals surface area contributed by atoms with Crippen molar-refractivity contribution in [3.8, 4) is 0 Å². The number of carbonyl (C=O) groups is 3. The molecule has 0 saturated heterocycles. The predicted octanol–water partition coefficient (Wildman–Crippen LogP) is 0.769. The Labute approximate surface area is 159 Å². The van der Waals surface area contributed by atoms with Gasteiger partial charge in [-0.15, -0.1) is 0 Å². The number of nitrogens with one attached hydrogen (secondary N) is 2. The van der Waals surface area contributed by atoms with Crippen molar-refractivity contribution < 1.29 is 34.4 Å². The molecule has 0 fully saturated rings. The molecule has 2 atom stereocenters. The predicted molar refractivity (Wildman–Crippen MR) is 94.3 cm³/mol. The third-order valence-electron chi connectivity index (χ3n) is 3.57. The van der Waals surface area contributed by atoms with E-state index in [-0.39, 0.29) is 5.88 Å². The molecule has 0 aromatic heterocycles. The molecule has 0 radical (unpaired) electrons. The number of ether oxygens (including phenoxy) is 1. The maximum atomic E-state index is 12.8. The molecule has 2 rings (SSSR count). The molecule has 27 heavy (non-hydrogen) atoms. The smallest absolute Gasteiger partial charge is 0.326 e. The van der Waals surface area contributed by atoms with Crippen LogP contribution in [0.25, 0.3) is 6.08 Å². The first-order valence-electron chi connectivity index (χ1n) is 7.87. The fourth-order valence-electron chi connectivity index (χ4n) is 2.49. The number of carboxylic acids is 2. The topological polar surface area (TPSA) is 145 Å². The van der Waals surface area contributed by atoms with Gasteiger partial charge in [-0.05, 0) is 5.56 Å². The molecule has 0 bridgehead atoms. The number of carboxylic acid groups (broad SMARTS) is 2. The average molecular weight is 399 g/mol. The summed E-state index contributed by atoms with van der Waals surface area (Å²) in [6, 6.07) is 4.86. The lowest BCUT2D eigenvalue weighted by Crippen LogP contribution is -2.56.